The van der Waals surface area contributed by atoms with Crippen molar-refractivity contribution in [3.8, 4) is 0 Å². The van der Waals surface area contributed by atoms with E-state index in [0.29, 0.717) is 16.3 Å². The van der Waals surface area contributed by atoms with Crippen LogP contribution < -0.4 is 26.8 Å². The number of rotatable bonds is 10. The van der Waals surface area contributed by atoms with Gasteiger partial charge in [-0.1, -0.05) is 23.7 Å². The highest BCUT2D eigenvalue weighted by atomic mass is 35.5. The number of aryl methyl sites for hydroxylation is 1. The summed E-state index contributed by atoms with van der Waals surface area (Å²) >= 11 is 5.81. The van der Waals surface area contributed by atoms with Gasteiger partial charge in [0.05, 0.1) is 18.8 Å². The van der Waals surface area contributed by atoms with Crippen LogP contribution in [-0.2, 0) is 36.6 Å². The number of alkyl halides is 3. The second kappa shape index (κ2) is 14.2. The number of aliphatic carboxylic acids is 1. The van der Waals surface area contributed by atoms with Gasteiger partial charge >= 0.3 is 12.1 Å². The Hall–Kier alpha value is -3.83. The molecule has 0 unspecified atom stereocenters. The van der Waals surface area contributed by atoms with Gasteiger partial charge in [-0.05, 0) is 36.2 Å². The largest absolute Gasteiger partial charge is 0.490 e. The molecule has 13 nitrogen and oxygen atoms in total. The van der Waals surface area contributed by atoms with Crippen molar-refractivity contribution < 1.29 is 41.1 Å². The number of halogens is 4. The molecule has 210 valence electrons. The predicted octanol–water partition coefficient (Wildman–Crippen LogP) is 0.985. The molecule has 2 aromatic rings. The number of guanidine groups is 1. The van der Waals surface area contributed by atoms with E-state index in [-0.39, 0.29) is 42.5 Å². The van der Waals surface area contributed by atoms with Crippen LogP contribution in [0.3, 0.4) is 0 Å². The Morgan fingerprint density at radius 2 is 1.82 bits per heavy atom. The van der Waals surface area contributed by atoms with E-state index in [1.54, 1.807) is 31.2 Å². The summed E-state index contributed by atoms with van der Waals surface area (Å²) in [5, 5.41) is 17.1. The molecule has 0 aliphatic heterocycles. The smallest absolute Gasteiger partial charge is 0.475 e. The molecule has 1 amide bonds. The molecule has 0 aliphatic carbocycles. The van der Waals surface area contributed by atoms with Crippen molar-refractivity contribution in [3.63, 3.8) is 0 Å². The minimum atomic E-state index is -5.08. The van der Waals surface area contributed by atoms with Gasteiger partial charge in [0.2, 0.25) is 21.9 Å². The summed E-state index contributed by atoms with van der Waals surface area (Å²) < 4.78 is 59.2. The van der Waals surface area contributed by atoms with E-state index in [1.165, 1.54) is 6.07 Å². The van der Waals surface area contributed by atoms with Crippen LogP contribution in [-0.4, -0.2) is 55.7 Å². The second-order valence-corrected chi connectivity index (χ2v) is 9.52. The number of amides is 1. The maximum atomic E-state index is 12.6. The monoisotopic (exact) mass is 584 g/mol. The quantitative estimate of drug-likeness (QED) is 0.0915. The number of carboxylic acid groups (broad SMARTS) is 1. The van der Waals surface area contributed by atoms with Crippen LogP contribution in [0, 0.1) is 12.3 Å². The molecule has 1 heterocycles. The number of carbonyl (C=O) groups excluding carboxylic acids is 1. The first kappa shape index (κ1) is 32.2. The van der Waals surface area contributed by atoms with Gasteiger partial charge in [0.1, 0.15) is 5.69 Å². The van der Waals surface area contributed by atoms with Crippen LogP contribution in [0.4, 0.5) is 18.9 Å². The highest BCUT2D eigenvalue weighted by Gasteiger charge is 2.38. The number of benzene rings is 1. The number of nitrogens with two attached hydrogens (primary N) is 1. The van der Waals surface area contributed by atoms with E-state index in [1.807, 2.05) is 0 Å². The third-order valence-electron chi connectivity index (χ3n) is 4.08. The molecule has 0 fully saturated rings. The topological polar surface area (TPSA) is 217 Å². The molecule has 0 saturated carbocycles. The fourth-order valence-electron chi connectivity index (χ4n) is 2.61. The number of pyridine rings is 1. The SMILES string of the molecule is Cc1cc(CC(=O)NCCONC(=N)N)c(NS(=O)(=O)Cc2ccc(Cl)cc2)c(=O)[nH]1.O=C(O)C(F)(F)F. The summed E-state index contributed by atoms with van der Waals surface area (Å²) in [4.78, 5) is 40.8. The Morgan fingerprint density at radius 3 is 2.34 bits per heavy atom. The molecule has 38 heavy (non-hydrogen) atoms. The van der Waals surface area contributed by atoms with Crippen molar-refractivity contribution in [2.24, 2.45) is 5.73 Å². The highest BCUT2D eigenvalue weighted by molar-refractivity contribution is 7.91. The number of carbonyl (C=O) groups is 2. The van der Waals surface area contributed by atoms with Gasteiger partial charge in [0, 0.05) is 17.3 Å². The molecule has 0 bridgehead atoms. The zero-order valence-corrected chi connectivity index (χ0v) is 21.2. The minimum Gasteiger partial charge on any atom is -0.475 e. The van der Waals surface area contributed by atoms with E-state index in [4.69, 9.17) is 37.5 Å². The number of aromatic amines is 1. The second-order valence-electron chi connectivity index (χ2n) is 7.36. The number of hydrogen-bond donors (Lipinski definition) is 7. The summed E-state index contributed by atoms with van der Waals surface area (Å²) in [6.07, 6.45) is -5.32. The van der Waals surface area contributed by atoms with Gasteiger partial charge in [-0.2, -0.15) is 13.2 Å². The molecule has 0 radical (unpaired) electrons. The molecule has 2 rings (SSSR count). The number of anilines is 1. The molecule has 0 atom stereocenters. The minimum absolute atomic E-state index is 0.0420. The van der Waals surface area contributed by atoms with E-state index in [9.17, 15) is 31.2 Å². The Kier molecular flexibility index (Phi) is 12.0. The van der Waals surface area contributed by atoms with Crippen LogP contribution in [0.2, 0.25) is 5.02 Å². The van der Waals surface area contributed by atoms with Crippen LogP contribution >= 0.6 is 11.6 Å². The average Bonchev–Trinajstić information content (AvgIpc) is 2.77. The first-order valence-electron chi connectivity index (χ1n) is 10.3. The van der Waals surface area contributed by atoms with Gasteiger partial charge in [0.15, 0.2) is 0 Å². The normalized spacial score (nSPS) is 11.1. The molecule has 8 N–H and O–H groups in total. The van der Waals surface area contributed by atoms with Crippen molar-refractivity contribution >= 4 is 45.1 Å². The number of H-pyrrole nitrogens is 1. The zero-order valence-electron chi connectivity index (χ0n) is 19.6. The van der Waals surface area contributed by atoms with Crippen molar-refractivity contribution in [1.82, 2.24) is 15.8 Å². The Labute approximate surface area is 219 Å². The fraction of sp³-hybridized carbons (Fsp3) is 0.300. The number of sulfonamides is 1. The first-order chi connectivity index (χ1) is 17.5. The van der Waals surface area contributed by atoms with Gasteiger partial charge in [-0.3, -0.25) is 24.6 Å². The van der Waals surface area contributed by atoms with Gasteiger partial charge < -0.3 is 21.1 Å². The Balaban J connectivity index is 0.000000905. The zero-order chi connectivity index (χ0) is 29.1. The number of carboxylic acids is 1. The fourth-order valence-corrected chi connectivity index (χ4v) is 3.97. The third-order valence-corrected chi connectivity index (χ3v) is 5.56. The maximum Gasteiger partial charge on any atom is 0.490 e. The lowest BCUT2D eigenvalue weighted by Gasteiger charge is -2.13. The lowest BCUT2D eigenvalue weighted by Crippen LogP contribution is -2.35. The number of nitrogens with one attached hydrogen (secondary N) is 5. The predicted molar refractivity (Wildman–Crippen MR) is 131 cm³/mol. The molecule has 0 saturated heterocycles. The molecule has 1 aromatic heterocycles. The van der Waals surface area contributed by atoms with Crippen LogP contribution in [0.5, 0.6) is 0 Å². The molecule has 18 heteroatoms. The van der Waals surface area contributed by atoms with E-state index in [2.05, 4.69) is 20.5 Å². The van der Waals surface area contributed by atoms with Gasteiger partial charge in [-0.25, -0.2) is 18.7 Å². The van der Waals surface area contributed by atoms with Crippen molar-refractivity contribution in [2.75, 3.05) is 17.9 Å². The third kappa shape index (κ3) is 12.4. The molecular weight excluding hydrogens is 561 g/mol. The summed E-state index contributed by atoms with van der Waals surface area (Å²) in [5.74, 6) is -3.95. The summed E-state index contributed by atoms with van der Waals surface area (Å²) in [5.41, 5.74) is 7.48. The van der Waals surface area contributed by atoms with Gasteiger partial charge in [-0.15, -0.1) is 0 Å². The van der Waals surface area contributed by atoms with E-state index in [0.717, 1.165) is 0 Å². The lowest BCUT2D eigenvalue weighted by atomic mass is 10.1. The number of hydrogen-bond acceptors (Lipinski definition) is 7. The van der Waals surface area contributed by atoms with Crippen molar-refractivity contribution in [3.05, 3.63) is 62.5 Å². The van der Waals surface area contributed by atoms with Crippen LogP contribution in [0.1, 0.15) is 16.8 Å². The van der Waals surface area contributed by atoms with Gasteiger partial charge in [0.25, 0.3) is 5.56 Å². The molecule has 1 aromatic carbocycles. The highest BCUT2D eigenvalue weighted by Crippen LogP contribution is 2.17. The summed E-state index contributed by atoms with van der Waals surface area (Å²) in [6.45, 7) is 1.77. The maximum absolute atomic E-state index is 12.6. The first-order valence-corrected chi connectivity index (χ1v) is 12.3. The van der Waals surface area contributed by atoms with Crippen molar-refractivity contribution in [1.29, 1.82) is 5.41 Å². The van der Waals surface area contributed by atoms with E-state index < -0.39 is 33.6 Å². The average molecular weight is 585 g/mol. The summed E-state index contributed by atoms with van der Waals surface area (Å²) in [6, 6.07) is 7.79. The Morgan fingerprint density at radius 1 is 1.24 bits per heavy atom. The van der Waals surface area contributed by atoms with Crippen LogP contribution in [0.25, 0.3) is 0 Å². The van der Waals surface area contributed by atoms with E-state index >= 15 is 0 Å². The number of hydroxylamine groups is 1. The molecule has 0 aliphatic rings. The summed E-state index contributed by atoms with van der Waals surface area (Å²) in [7, 11) is -3.93. The molecular formula is C20H24ClF3N6O7S. The molecule has 0 spiro atoms. The van der Waals surface area contributed by atoms with Crippen molar-refractivity contribution in [2.45, 2.75) is 25.3 Å². The standard InChI is InChI=1S/C18H23ClN6O5S.C2HF3O2/c1-11-8-13(9-15(26)22-6-7-30-24-18(20)21)16(17(27)23-11)25-31(28,29)10-12-2-4-14(19)5-3-12;3-2(4,5)1(6)7/h2-5,8,25H,6-7,9-10H2,1H3,(H,22,26)(H,23,27)(H4,20,21,24);(H,6,7). The number of aromatic nitrogens is 1. The van der Waals surface area contributed by atoms with Crippen LogP contribution in [0.15, 0.2) is 35.1 Å². The Bertz CT molecular complexity index is 1300. The lowest BCUT2D eigenvalue weighted by molar-refractivity contribution is -0.192.